The lowest BCUT2D eigenvalue weighted by Gasteiger charge is -2.24. The minimum atomic E-state index is 0.466. The van der Waals surface area contributed by atoms with E-state index in [4.69, 9.17) is 10.00 Å². The first-order chi connectivity index (χ1) is 9.88. The van der Waals surface area contributed by atoms with Gasteiger partial charge in [-0.15, -0.1) is 0 Å². The Hall–Kier alpha value is -1.53. The number of likely N-dealkylation sites (tertiary alicyclic amines) is 1. The molecular weight excluding hydrogens is 248 g/mol. The van der Waals surface area contributed by atoms with E-state index in [1.54, 1.807) is 0 Å². The fourth-order valence-electron chi connectivity index (χ4n) is 2.62. The van der Waals surface area contributed by atoms with Crippen LogP contribution in [0.15, 0.2) is 24.3 Å². The zero-order valence-electron chi connectivity index (χ0n) is 12.2. The van der Waals surface area contributed by atoms with E-state index < -0.39 is 0 Å². The van der Waals surface area contributed by atoms with Crippen molar-refractivity contribution in [1.82, 2.24) is 4.90 Å². The van der Waals surface area contributed by atoms with E-state index in [2.05, 4.69) is 11.0 Å². The van der Waals surface area contributed by atoms with E-state index in [1.165, 1.54) is 45.2 Å². The number of hydrogen-bond acceptors (Lipinski definition) is 3. The predicted octanol–water partition coefficient (Wildman–Crippen LogP) is 3.40. The monoisotopic (exact) mass is 272 g/mol. The number of nitrogens with zero attached hydrogens (tertiary/aromatic N) is 2. The minimum absolute atomic E-state index is 0.466. The number of rotatable bonds is 5. The average Bonchev–Trinajstić information content (AvgIpc) is 2.43. The Morgan fingerprint density at radius 2 is 1.65 bits per heavy atom. The van der Waals surface area contributed by atoms with Crippen molar-refractivity contribution >= 4 is 0 Å². The molecule has 1 saturated heterocycles. The van der Waals surface area contributed by atoms with Gasteiger partial charge in [0.1, 0.15) is 12.4 Å². The Balaban J connectivity index is 1.70. The van der Waals surface area contributed by atoms with Gasteiger partial charge in [0.25, 0.3) is 0 Å². The summed E-state index contributed by atoms with van der Waals surface area (Å²) < 4.78 is 5.79. The first kappa shape index (κ1) is 14.9. The van der Waals surface area contributed by atoms with Gasteiger partial charge in [0.05, 0.1) is 12.5 Å². The van der Waals surface area contributed by atoms with Crippen LogP contribution in [-0.4, -0.2) is 31.1 Å². The van der Waals surface area contributed by atoms with Crippen LogP contribution in [0.2, 0.25) is 0 Å². The van der Waals surface area contributed by atoms with E-state index >= 15 is 0 Å². The van der Waals surface area contributed by atoms with Crippen LogP contribution >= 0.6 is 0 Å². The van der Waals surface area contributed by atoms with Crippen LogP contribution in [0.3, 0.4) is 0 Å². The van der Waals surface area contributed by atoms with Crippen LogP contribution in [0.4, 0.5) is 0 Å². The molecule has 0 bridgehead atoms. The number of hydrogen-bond donors (Lipinski definition) is 0. The second-order valence-corrected chi connectivity index (χ2v) is 5.44. The Bertz CT molecular complexity index is 414. The molecule has 1 aliphatic heterocycles. The Labute approximate surface area is 122 Å². The van der Waals surface area contributed by atoms with Crippen LogP contribution in [-0.2, 0) is 6.42 Å². The maximum absolute atomic E-state index is 8.63. The maximum Gasteiger partial charge on any atom is 0.119 e. The molecule has 3 nitrogen and oxygen atoms in total. The van der Waals surface area contributed by atoms with Crippen molar-refractivity contribution in [3.8, 4) is 11.8 Å². The zero-order valence-corrected chi connectivity index (χ0v) is 12.2. The largest absolute Gasteiger partial charge is 0.492 e. The van der Waals surface area contributed by atoms with Gasteiger partial charge in [-0.25, -0.2) is 0 Å². The molecule has 0 spiro atoms. The molecule has 0 radical (unpaired) electrons. The second kappa shape index (κ2) is 8.60. The molecule has 2 rings (SSSR count). The molecule has 0 saturated carbocycles. The van der Waals surface area contributed by atoms with Gasteiger partial charge in [-0.05, 0) is 43.6 Å². The molecule has 1 aromatic rings. The standard InChI is InChI=1S/C17H24N2O/c18-11-10-16-6-8-17(9-7-16)20-15-14-19-12-4-2-1-3-5-13-19/h6-9H,1-5,10,12-15H2. The fourth-order valence-corrected chi connectivity index (χ4v) is 2.62. The van der Waals surface area contributed by atoms with E-state index in [0.29, 0.717) is 6.42 Å². The molecule has 3 heteroatoms. The lowest BCUT2D eigenvalue weighted by Crippen LogP contribution is -2.31. The van der Waals surface area contributed by atoms with Gasteiger partial charge in [0, 0.05) is 6.54 Å². The van der Waals surface area contributed by atoms with Crippen molar-refractivity contribution in [1.29, 1.82) is 5.26 Å². The number of benzene rings is 1. The molecule has 0 atom stereocenters. The predicted molar refractivity (Wildman–Crippen MR) is 80.8 cm³/mol. The molecule has 1 fully saturated rings. The SMILES string of the molecule is N#CCc1ccc(OCCN2CCCCCCC2)cc1. The third-order valence-corrected chi connectivity index (χ3v) is 3.83. The van der Waals surface area contributed by atoms with E-state index in [9.17, 15) is 0 Å². The highest BCUT2D eigenvalue weighted by molar-refractivity contribution is 5.28. The molecule has 1 aliphatic rings. The summed E-state index contributed by atoms with van der Waals surface area (Å²) in [5, 5.41) is 8.63. The molecule has 0 unspecified atom stereocenters. The van der Waals surface area contributed by atoms with Crippen molar-refractivity contribution in [3.63, 3.8) is 0 Å². The van der Waals surface area contributed by atoms with Crippen LogP contribution in [0.5, 0.6) is 5.75 Å². The van der Waals surface area contributed by atoms with Crippen LogP contribution in [0.1, 0.15) is 37.7 Å². The highest BCUT2D eigenvalue weighted by atomic mass is 16.5. The highest BCUT2D eigenvalue weighted by Crippen LogP contribution is 2.13. The molecule has 0 aromatic heterocycles. The summed E-state index contributed by atoms with van der Waals surface area (Å²) in [5.41, 5.74) is 1.05. The van der Waals surface area contributed by atoms with Crippen molar-refractivity contribution in [2.24, 2.45) is 0 Å². The van der Waals surface area contributed by atoms with Crippen molar-refractivity contribution < 1.29 is 4.74 Å². The van der Waals surface area contributed by atoms with E-state index in [0.717, 1.165) is 24.5 Å². The smallest absolute Gasteiger partial charge is 0.119 e. The minimum Gasteiger partial charge on any atom is -0.492 e. The quantitative estimate of drug-likeness (QED) is 0.824. The van der Waals surface area contributed by atoms with Crippen molar-refractivity contribution in [2.45, 2.75) is 38.5 Å². The summed E-state index contributed by atoms with van der Waals surface area (Å²) >= 11 is 0. The second-order valence-electron chi connectivity index (χ2n) is 5.44. The molecule has 0 aliphatic carbocycles. The van der Waals surface area contributed by atoms with Crippen LogP contribution in [0, 0.1) is 11.3 Å². The first-order valence-electron chi connectivity index (χ1n) is 7.69. The summed E-state index contributed by atoms with van der Waals surface area (Å²) in [6.45, 7) is 4.19. The molecule has 1 heterocycles. The van der Waals surface area contributed by atoms with Gasteiger partial charge < -0.3 is 4.74 Å². The number of nitriles is 1. The molecule has 1 aromatic carbocycles. The van der Waals surface area contributed by atoms with E-state index in [1.807, 2.05) is 24.3 Å². The summed E-state index contributed by atoms with van der Waals surface area (Å²) in [4.78, 5) is 2.52. The maximum atomic E-state index is 8.63. The molecule has 0 N–H and O–H groups in total. The lowest BCUT2D eigenvalue weighted by atomic mass is 10.1. The van der Waals surface area contributed by atoms with Crippen LogP contribution < -0.4 is 4.74 Å². The third-order valence-electron chi connectivity index (χ3n) is 3.83. The van der Waals surface area contributed by atoms with Gasteiger partial charge in [-0.1, -0.05) is 31.4 Å². The van der Waals surface area contributed by atoms with E-state index in [-0.39, 0.29) is 0 Å². The molecular formula is C17H24N2O. The molecule has 0 amide bonds. The summed E-state index contributed by atoms with van der Waals surface area (Å²) in [6, 6.07) is 10.0. The van der Waals surface area contributed by atoms with Gasteiger partial charge in [0.2, 0.25) is 0 Å². The lowest BCUT2D eigenvalue weighted by molar-refractivity contribution is 0.195. The van der Waals surface area contributed by atoms with Crippen molar-refractivity contribution in [2.75, 3.05) is 26.2 Å². The Morgan fingerprint density at radius 3 is 2.30 bits per heavy atom. The topological polar surface area (TPSA) is 36.3 Å². The molecule has 20 heavy (non-hydrogen) atoms. The normalized spacial score (nSPS) is 16.9. The summed E-state index contributed by atoms with van der Waals surface area (Å²) in [5.74, 6) is 0.902. The molecule has 108 valence electrons. The summed E-state index contributed by atoms with van der Waals surface area (Å²) in [7, 11) is 0. The van der Waals surface area contributed by atoms with Gasteiger partial charge >= 0.3 is 0 Å². The number of ether oxygens (including phenoxy) is 1. The van der Waals surface area contributed by atoms with Gasteiger partial charge in [-0.3, -0.25) is 4.90 Å². The summed E-state index contributed by atoms with van der Waals surface area (Å²) in [6.07, 6.45) is 7.26. The third kappa shape index (κ3) is 5.22. The van der Waals surface area contributed by atoms with Gasteiger partial charge in [0.15, 0.2) is 0 Å². The van der Waals surface area contributed by atoms with Crippen LogP contribution in [0.25, 0.3) is 0 Å². The van der Waals surface area contributed by atoms with Crippen molar-refractivity contribution in [3.05, 3.63) is 29.8 Å². The fraction of sp³-hybridized carbons (Fsp3) is 0.588. The highest BCUT2D eigenvalue weighted by Gasteiger charge is 2.07. The Morgan fingerprint density at radius 1 is 1.00 bits per heavy atom. The zero-order chi connectivity index (χ0) is 14.0. The van der Waals surface area contributed by atoms with Gasteiger partial charge in [-0.2, -0.15) is 5.26 Å². The first-order valence-corrected chi connectivity index (χ1v) is 7.69. The Kier molecular flexibility index (Phi) is 6.40. The average molecular weight is 272 g/mol.